The third-order valence-electron chi connectivity index (χ3n) is 5.64. The normalized spacial score (nSPS) is 14.1. The fourth-order valence-electron chi connectivity index (χ4n) is 3.60. The lowest BCUT2D eigenvalue weighted by Crippen LogP contribution is -2.58. The van der Waals surface area contributed by atoms with E-state index in [-0.39, 0.29) is 36.9 Å². The summed E-state index contributed by atoms with van der Waals surface area (Å²) in [4.78, 5) is 56.6. The fourth-order valence-corrected chi connectivity index (χ4v) is 4.12. The Labute approximate surface area is 230 Å². The summed E-state index contributed by atoms with van der Waals surface area (Å²) in [7, 11) is 0. The number of rotatable bonds is 15. The summed E-state index contributed by atoms with van der Waals surface area (Å²) in [6, 6.07) is 3.17. The molecule has 2 aromatic rings. The number of nitrogens with two attached hydrogens (primary N) is 3. The van der Waals surface area contributed by atoms with Crippen LogP contribution in [0, 0.1) is 0 Å². The Balaban J connectivity index is 1.94. The second-order valence-corrected chi connectivity index (χ2v) is 9.24. The summed E-state index contributed by atoms with van der Waals surface area (Å²) in [5.41, 5.74) is 18.3. The number of H-pyrrole nitrogens is 1. The monoisotopic (exact) mass is 566 g/mol. The molecule has 4 atom stereocenters. The third-order valence-corrected chi connectivity index (χ3v) is 6.37. The first kappa shape index (κ1) is 30.8. The van der Waals surface area contributed by atoms with Gasteiger partial charge in [-0.15, -0.1) is 0 Å². The van der Waals surface area contributed by atoms with Crippen molar-refractivity contribution in [1.29, 1.82) is 0 Å². The van der Waals surface area contributed by atoms with Crippen LogP contribution >= 0.6 is 25.3 Å². The molecule has 1 heterocycles. The van der Waals surface area contributed by atoms with Gasteiger partial charge in [-0.25, -0.2) is 4.79 Å². The number of nitrogens with one attached hydrogen (secondary N) is 4. The van der Waals surface area contributed by atoms with Crippen molar-refractivity contribution in [2.45, 2.75) is 43.4 Å². The Hall–Kier alpha value is -3.43. The summed E-state index contributed by atoms with van der Waals surface area (Å²) in [6.45, 7) is 0.195. The van der Waals surface area contributed by atoms with Gasteiger partial charge in [0.05, 0.1) is 6.04 Å². The molecule has 0 saturated heterocycles. The average Bonchev–Trinajstić information content (AvgIpc) is 3.29. The molecule has 4 unspecified atom stereocenters. The minimum Gasteiger partial charge on any atom is -0.480 e. The zero-order chi connectivity index (χ0) is 28.2. The Bertz CT molecular complexity index is 1150. The van der Waals surface area contributed by atoms with Gasteiger partial charge in [0.25, 0.3) is 0 Å². The molecule has 0 fully saturated rings. The molecule has 1 aromatic carbocycles. The van der Waals surface area contributed by atoms with Gasteiger partial charge in [-0.05, 0) is 30.9 Å². The van der Waals surface area contributed by atoms with Crippen molar-refractivity contribution < 1.29 is 24.3 Å². The Kier molecular flexibility index (Phi) is 12.2. The highest BCUT2D eigenvalue weighted by Gasteiger charge is 2.29. The van der Waals surface area contributed by atoms with Crippen LogP contribution in [0.25, 0.3) is 10.9 Å². The van der Waals surface area contributed by atoms with E-state index in [1.807, 2.05) is 24.3 Å². The lowest BCUT2D eigenvalue weighted by Gasteiger charge is -2.23. The van der Waals surface area contributed by atoms with E-state index in [0.29, 0.717) is 6.42 Å². The Morgan fingerprint density at radius 2 is 1.53 bits per heavy atom. The van der Waals surface area contributed by atoms with Gasteiger partial charge in [0.1, 0.15) is 18.1 Å². The van der Waals surface area contributed by atoms with Crippen molar-refractivity contribution in [3.63, 3.8) is 0 Å². The SMILES string of the molecule is NC(N)=NCCCC(NC(=O)C(CS)NC(=O)C(CS)NC(=O)C(N)Cc1c[nH]c2ccccc12)C(=O)O. The summed E-state index contributed by atoms with van der Waals surface area (Å²) in [6.07, 6.45) is 2.38. The van der Waals surface area contributed by atoms with E-state index in [1.165, 1.54) is 0 Å². The van der Waals surface area contributed by atoms with Crippen LogP contribution in [0.4, 0.5) is 0 Å². The van der Waals surface area contributed by atoms with Crippen molar-refractivity contribution in [3.05, 3.63) is 36.0 Å². The van der Waals surface area contributed by atoms with Crippen molar-refractivity contribution >= 4 is 65.8 Å². The van der Waals surface area contributed by atoms with E-state index >= 15 is 0 Å². The van der Waals surface area contributed by atoms with Crippen LogP contribution in [-0.4, -0.2) is 82.0 Å². The molecule has 0 aliphatic rings. The van der Waals surface area contributed by atoms with Crippen LogP contribution in [0.15, 0.2) is 35.5 Å². The molecule has 13 nitrogen and oxygen atoms in total. The van der Waals surface area contributed by atoms with Gasteiger partial charge in [0.15, 0.2) is 5.96 Å². The molecule has 0 bridgehead atoms. The number of aromatic nitrogens is 1. The van der Waals surface area contributed by atoms with Gasteiger partial charge in [0, 0.05) is 35.2 Å². The van der Waals surface area contributed by atoms with Gasteiger partial charge in [-0.3, -0.25) is 19.4 Å². The predicted molar refractivity (Wildman–Crippen MR) is 151 cm³/mol. The van der Waals surface area contributed by atoms with Crippen LogP contribution in [-0.2, 0) is 25.6 Å². The number of nitrogens with zero attached hydrogens (tertiary/aromatic N) is 1. The Morgan fingerprint density at radius 3 is 2.11 bits per heavy atom. The molecular formula is C23H34N8O5S2. The number of benzene rings is 1. The molecule has 208 valence electrons. The maximum Gasteiger partial charge on any atom is 0.326 e. The van der Waals surface area contributed by atoms with E-state index in [4.69, 9.17) is 17.2 Å². The predicted octanol–water partition coefficient (Wildman–Crippen LogP) is -1.51. The van der Waals surface area contributed by atoms with E-state index < -0.39 is 47.9 Å². The minimum absolute atomic E-state index is 0.0642. The lowest BCUT2D eigenvalue weighted by molar-refractivity contribution is -0.142. The molecule has 38 heavy (non-hydrogen) atoms. The smallest absolute Gasteiger partial charge is 0.326 e. The van der Waals surface area contributed by atoms with Crippen LogP contribution in [0.3, 0.4) is 0 Å². The average molecular weight is 567 g/mol. The van der Waals surface area contributed by atoms with E-state index in [0.717, 1.165) is 16.5 Å². The fraction of sp³-hybridized carbons (Fsp3) is 0.435. The molecule has 2 rings (SSSR count). The van der Waals surface area contributed by atoms with Crippen molar-refractivity contribution in [2.75, 3.05) is 18.1 Å². The highest BCUT2D eigenvalue weighted by Crippen LogP contribution is 2.18. The number of carboxylic acid groups (broad SMARTS) is 1. The number of aliphatic carboxylic acids is 1. The maximum absolute atomic E-state index is 12.8. The number of carbonyl (C=O) groups is 4. The van der Waals surface area contributed by atoms with Crippen LogP contribution in [0.2, 0.25) is 0 Å². The van der Waals surface area contributed by atoms with Gasteiger partial charge in [-0.1, -0.05) is 18.2 Å². The molecule has 11 N–H and O–H groups in total. The minimum atomic E-state index is -1.25. The molecule has 0 spiro atoms. The second-order valence-electron chi connectivity index (χ2n) is 8.51. The first-order chi connectivity index (χ1) is 18.1. The number of fused-ring (bicyclic) bond motifs is 1. The number of carboxylic acids is 1. The number of carbonyl (C=O) groups excluding carboxylic acids is 3. The van der Waals surface area contributed by atoms with E-state index in [9.17, 15) is 24.3 Å². The van der Waals surface area contributed by atoms with Crippen LogP contribution < -0.4 is 33.2 Å². The number of hydrogen-bond acceptors (Lipinski definition) is 8. The summed E-state index contributed by atoms with van der Waals surface area (Å²) >= 11 is 8.23. The number of hydrogen-bond donors (Lipinski definition) is 10. The van der Waals surface area contributed by atoms with Crippen molar-refractivity contribution in [3.8, 4) is 0 Å². The quantitative estimate of drug-likeness (QED) is 0.0526. The van der Waals surface area contributed by atoms with Crippen LogP contribution in [0.1, 0.15) is 18.4 Å². The molecule has 0 saturated carbocycles. The number of thiol groups is 2. The largest absolute Gasteiger partial charge is 0.480 e. The van der Waals surface area contributed by atoms with Gasteiger partial charge >= 0.3 is 5.97 Å². The third kappa shape index (κ3) is 9.15. The first-order valence-electron chi connectivity index (χ1n) is 11.8. The highest BCUT2D eigenvalue weighted by atomic mass is 32.1. The van der Waals surface area contributed by atoms with Gasteiger partial charge < -0.3 is 43.2 Å². The summed E-state index contributed by atoms with van der Waals surface area (Å²) in [5.74, 6) is -3.57. The molecular weight excluding hydrogens is 532 g/mol. The van der Waals surface area contributed by atoms with E-state index in [1.54, 1.807) is 6.20 Å². The topological polar surface area (TPSA) is 231 Å². The van der Waals surface area contributed by atoms with Crippen molar-refractivity contribution in [1.82, 2.24) is 20.9 Å². The zero-order valence-electron chi connectivity index (χ0n) is 20.6. The lowest BCUT2D eigenvalue weighted by atomic mass is 10.0. The molecule has 1 aromatic heterocycles. The Morgan fingerprint density at radius 1 is 0.947 bits per heavy atom. The number of aliphatic imine (C=N–C) groups is 1. The molecule has 0 radical (unpaired) electrons. The molecule has 3 amide bonds. The van der Waals surface area contributed by atoms with Crippen molar-refractivity contribution in [2.24, 2.45) is 22.2 Å². The number of amides is 3. The maximum atomic E-state index is 12.8. The molecule has 0 aliphatic heterocycles. The van der Waals surface area contributed by atoms with Crippen LogP contribution in [0.5, 0.6) is 0 Å². The van der Waals surface area contributed by atoms with Gasteiger partial charge in [-0.2, -0.15) is 25.3 Å². The number of guanidine groups is 1. The first-order valence-corrected chi connectivity index (χ1v) is 13.0. The number of para-hydroxylation sites is 1. The molecule has 0 aliphatic carbocycles. The summed E-state index contributed by atoms with van der Waals surface area (Å²) < 4.78 is 0. The van der Waals surface area contributed by atoms with Gasteiger partial charge in [0.2, 0.25) is 17.7 Å². The number of aromatic amines is 1. The second kappa shape index (κ2) is 15.1. The zero-order valence-corrected chi connectivity index (χ0v) is 22.4. The van der Waals surface area contributed by atoms with E-state index in [2.05, 4.69) is 51.2 Å². The highest BCUT2D eigenvalue weighted by molar-refractivity contribution is 7.80. The standard InChI is InChI=1S/C23H34N8O5S2/c24-14(8-12-9-28-15-5-2-1-4-13(12)15)19(32)30-17(10-37)21(34)31-18(11-38)20(33)29-16(22(35)36)6-3-7-27-23(25)26/h1-2,4-5,9,14,16-18,28,37-38H,3,6-8,10-11,24H2,(H,29,33)(H,30,32)(H,31,34)(H,35,36)(H4,25,26,27). The summed E-state index contributed by atoms with van der Waals surface area (Å²) in [5, 5.41) is 17.8. The molecule has 15 heteroatoms.